The Morgan fingerprint density at radius 3 is 2.49 bits per heavy atom. The normalized spacial score (nSPS) is 14.2. The monoisotopic (exact) mass is 573 g/mol. The molecule has 5 rings (SSSR count). The van der Waals surface area contributed by atoms with Crippen molar-refractivity contribution in [2.75, 3.05) is 11.1 Å². The summed E-state index contributed by atoms with van der Waals surface area (Å²) >= 11 is 0. The Bertz CT molecular complexity index is 1810. The van der Waals surface area contributed by atoms with E-state index in [-0.39, 0.29) is 34.6 Å². The second kappa shape index (κ2) is 11.3. The number of nitrogens with one attached hydrogen (secondary N) is 1. The number of fused-ring (bicyclic) bond motifs is 1. The number of aromatic nitrogens is 7. The van der Waals surface area contributed by atoms with Crippen LogP contribution in [0.3, 0.4) is 0 Å². The molecule has 0 aliphatic heterocycles. The highest BCUT2D eigenvalue weighted by Crippen LogP contribution is 2.43. The minimum Gasteiger partial charge on any atom is -0.360 e. The maximum atomic E-state index is 13.8. The molecule has 4 aromatic heterocycles. The van der Waals surface area contributed by atoms with Gasteiger partial charge in [-0.3, -0.25) is 14.3 Å². The van der Waals surface area contributed by atoms with Gasteiger partial charge in [0.2, 0.25) is 0 Å². The first kappa shape index (κ1) is 28.2. The van der Waals surface area contributed by atoms with Crippen LogP contribution in [0.4, 0.5) is 5.82 Å². The number of anilines is 1. The molecule has 1 N–H and O–H groups in total. The average molecular weight is 574 g/mol. The van der Waals surface area contributed by atoms with Crippen LogP contribution in [0.1, 0.15) is 69.6 Å². The van der Waals surface area contributed by atoms with Gasteiger partial charge in [0.15, 0.2) is 27.1 Å². The Balaban J connectivity index is 1.59. The third-order valence-corrected chi connectivity index (χ3v) is 8.84. The zero-order valence-electron chi connectivity index (χ0n) is 23.4. The molecule has 12 nitrogen and oxygen atoms in total. The molecule has 1 saturated carbocycles. The van der Waals surface area contributed by atoms with E-state index in [1.807, 2.05) is 20.8 Å². The molecule has 0 unspecified atom stereocenters. The molecule has 0 saturated heterocycles. The van der Waals surface area contributed by atoms with Gasteiger partial charge in [-0.15, -0.1) is 0 Å². The molecule has 0 amide bonds. The summed E-state index contributed by atoms with van der Waals surface area (Å²) in [4.78, 5) is 41.1. The molecular weight excluding hydrogens is 542 g/mol. The van der Waals surface area contributed by atoms with Crippen LogP contribution in [-0.4, -0.2) is 48.6 Å². The van der Waals surface area contributed by atoms with Gasteiger partial charge < -0.3 is 5.32 Å². The van der Waals surface area contributed by atoms with Gasteiger partial charge in [-0.05, 0) is 37.3 Å². The fourth-order valence-electron chi connectivity index (χ4n) is 4.66. The van der Waals surface area contributed by atoms with E-state index in [1.165, 1.54) is 16.8 Å². The zero-order chi connectivity index (χ0) is 29.3. The molecule has 212 valence electrons. The van der Waals surface area contributed by atoms with E-state index < -0.39 is 21.4 Å². The van der Waals surface area contributed by atoms with Gasteiger partial charge in [0.25, 0.3) is 5.56 Å². The summed E-state index contributed by atoms with van der Waals surface area (Å²) < 4.78 is 25.6. The summed E-state index contributed by atoms with van der Waals surface area (Å²) in [6.07, 6.45) is 7.17. The van der Waals surface area contributed by atoms with Gasteiger partial charge in [0, 0.05) is 12.1 Å². The van der Waals surface area contributed by atoms with Crippen molar-refractivity contribution in [3.8, 4) is 17.5 Å². The number of aryl methyl sites for hydroxylation is 1. The highest BCUT2D eigenvalue weighted by Gasteiger charge is 2.31. The molecule has 13 heteroatoms. The van der Waals surface area contributed by atoms with Crippen molar-refractivity contribution in [1.29, 1.82) is 5.26 Å². The largest absolute Gasteiger partial charge is 0.360 e. The summed E-state index contributed by atoms with van der Waals surface area (Å²) in [5, 5.41) is 13.1. The third-order valence-electron chi connectivity index (χ3n) is 7.13. The van der Waals surface area contributed by atoms with Crippen LogP contribution in [0.15, 0.2) is 40.5 Å². The zero-order valence-corrected chi connectivity index (χ0v) is 24.2. The van der Waals surface area contributed by atoms with Crippen LogP contribution < -0.4 is 10.9 Å². The van der Waals surface area contributed by atoms with Crippen LogP contribution in [0.25, 0.3) is 22.6 Å². The summed E-state index contributed by atoms with van der Waals surface area (Å²) in [6.45, 7) is 7.42. The van der Waals surface area contributed by atoms with Crippen LogP contribution in [-0.2, 0) is 22.8 Å². The number of pyridine rings is 1. The quantitative estimate of drug-likeness (QED) is 0.294. The molecule has 4 aromatic rings. The Kier molecular flexibility index (Phi) is 7.77. The van der Waals surface area contributed by atoms with Crippen molar-refractivity contribution in [2.24, 2.45) is 5.92 Å². The second-order valence-corrected chi connectivity index (χ2v) is 12.6. The number of rotatable bonds is 10. The molecule has 1 fully saturated rings. The van der Waals surface area contributed by atoms with Crippen molar-refractivity contribution in [3.05, 3.63) is 58.3 Å². The van der Waals surface area contributed by atoms with E-state index in [0.717, 1.165) is 29.8 Å². The molecule has 41 heavy (non-hydrogen) atoms. The van der Waals surface area contributed by atoms with Gasteiger partial charge in [-0.1, -0.05) is 27.7 Å². The molecule has 4 heterocycles. The molecule has 1 aliphatic rings. The van der Waals surface area contributed by atoms with Gasteiger partial charge in [0.05, 0.1) is 52.1 Å². The summed E-state index contributed by atoms with van der Waals surface area (Å²) in [6, 6.07) is 4.51. The molecule has 1 atom stereocenters. The fraction of sp³-hybridized carbons (Fsp3) is 0.429. The second-order valence-electron chi connectivity index (χ2n) is 10.3. The third kappa shape index (κ3) is 5.52. The number of nitrogens with zero attached hydrogens (tertiary/aromatic N) is 8. The first-order valence-corrected chi connectivity index (χ1v) is 15.3. The minimum absolute atomic E-state index is 0.0118. The van der Waals surface area contributed by atoms with Crippen LogP contribution in [0.2, 0.25) is 0 Å². The van der Waals surface area contributed by atoms with Crippen molar-refractivity contribution in [3.63, 3.8) is 0 Å². The van der Waals surface area contributed by atoms with E-state index in [0.29, 0.717) is 29.4 Å². The molecule has 0 aromatic carbocycles. The van der Waals surface area contributed by atoms with E-state index in [1.54, 1.807) is 25.5 Å². The number of hydrogen-bond acceptors (Lipinski definition) is 11. The molecule has 1 aliphatic carbocycles. The maximum absolute atomic E-state index is 13.8. The SMILES string of the molecule is CCc1ncnc(C2CC2)c1-c1ncc2nc(NCc3ccc(S(=O)(=O)CC)cn3)c(=O)n([C@@H](C#N)C(C)C)c2n1. The van der Waals surface area contributed by atoms with Gasteiger partial charge in [-0.2, -0.15) is 5.26 Å². The van der Waals surface area contributed by atoms with Crippen molar-refractivity contribution in [2.45, 2.75) is 70.4 Å². The number of sulfone groups is 1. The smallest absolute Gasteiger partial charge is 0.296 e. The first-order valence-electron chi connectivity index (χ1n) is 13.6. The number of nitriles is 1. The van der Waals surface area contributed by atoms with Crippen LogP contribution in [0.5, 0.6) is 0 Å². The first-order chi connectivity index (χ1) is 19.7. The Morgan fingerprint density at radius 1 is 1.10 bits per heavy atom. The van der Waals surface area contributed by atoms with Crippen molar-refractivity contribution >= 4 is 26.8 Å². The lowest BCUT2D eigenvalue weighted by Crippen LogP contribution is -2.31. The fourth-order valence-corrected chi connectivity index (χ4v) is 5.48. The van der Waals surface area contributed by atoms with E-state index in [2.05, 4.69) is 36.3 Å². The van der Waals surface area contributed by atoms with Gasteiger partial charge in [0.1, 0.15) is 17.9 Å². The molecule has 0 spiro atoms. The lowest BCUT2D eigenvalue weighted by atomic mass is 10.0. The Labute approximate surface area is 237 Å². The number of hydrogen-bond donors (Lipinski definition) is 1. The Hall–Kier alpha value is -4.31. The highest BCUT2D eigenvalue weighted by molar-refractivity contribution is 7.91. The van der Waals surface area contributed by atoms with Crippen LogP contribution >= 0.6 is 0 Å². The topological polar surface area (TPSA) is 169 Å². The predicted molar refractivity (Wildman–Crippen MR) is 153 cm³/mol. The van der Waals surface area contributed by atoms with Gasteiger partial charge >= 0.3 is 0 Å². The average Bonchev–Trinajstić information content (AvgIpc) is 3.83. The Morgan fingerprint density at radius 2 is 1.88 bits per heavy atom. The standard InChI is InChI=1S/C28H31N9O3S/c1-5-20-23(24(17-7-8-17)34-15-33-20)25-32-14-21-27(36-25)37(22(11-29)16(3)4)28(38)26(35-21)31-12-18-9-10-19(13-30-18)41(39,40)6-2/h9-10,13-17,22H,5-8,12H2,1-4H3,(H,31,35)/t22-/m0/s1. The predicted octanol–water partition coefficient (Wildman–Crippen LogP) is 3.60. The van der Waals surface area contributed by atoms with Crippen molar-refractivity contribution < 1.29 is 8.42 Å². The molecular formula is C28H31N9O3S. The summed E-state index contributed by atoms with van der Waals surface area (Å²) in [7, 11) is -3.37. The van der Waals surface area contributed by atoms with Gasteiger partial charge in [-0.25, -0.2) is 33.3 Å². The minimum atomic E-state index is -3.37. The maximum Gasteiger partial charge on any atom is 0.296 e. The van der Waals surface area contributed by atoms with E-state index >= 15 is 0 Å². The van der Waals surface area contributed by atoms with E-state index in [9.17, 15) is 18.5 Å². The summed E-state index contributed by atoms with van der Waals surface area (Å²) in [5.41, 5.74) is 3.12. The highest BCUT2D eigenvalue weighted by atomic mass is 32.2. The molecule has 0 radical (unpaired) electrons. The summed E-state index contributed by atoms with van der Waals surface area (Å²) in [5.74, 6) is 0.525. The molecule has 0 bridgehead atoms. The lowest BCUT2D eigenvalue weighted by Gasteiger charge is -2.20. The van der Waals surface area contributed by atoms with E-state index in [4.69, 9.17) is 4.98 Å². The van der Waals surface area contributed by atoms with Crippen molar-refractivity contribution in [1.82, 2.24) is 34.5 Å². The lowest BCUT2D eigenvalue weighted by molar-refractivity contribution is 0.458. The van der Waals surface area contributed by atoms with Crippen LogP contribution in [0, 0.1) is 17.2 Å².